The number of hydrogen-bond acceptors (Lipinski definition) is 9. The number of benzene rings is 2. The van der Waals surface area contributed by atoms with Gasteiger partial charge in [0.25, 0.3) is 0 Å². The van der Waals surface area contributed by atoms with E-state index in [1.165, 1.54) is 6.26 Å². The molecule has 1 aliphatic rings. The minimum Gasteiger partial charge on any atom is -0.542 e. The van der Waals surface area contributed by atoms with Crippen LogP contribution in [0.1, 0.15) is 20.3 Å². The Balaban J connectivity index is 0.000000402. The number of fused-ring (bicyclic) bond motifs is 2. The smallest absolute Gasteiger partial charge is 0.490 e. The maximum absolute atomic E-state index is 13.0. The van der Waals surface area contributed by atoms with Crippen molar-refractivity contribution in [3.63, 3.8) is 0 Å². The van der Waals surface area contributed by atoms with E-state index in [1.807, 2.05) is 13.8 Å². The van der Waals surface area contributed by atoms with Crippen LogP contribution in [-0.2, 0) is 14.4 Å². The Kier molecular flexibility index (Phi) is 11.7. The standard InChI is InChI=1S/C23H23NO6.2C2HF3O2/c1-13(2)9-18(24)23(26)30-15-4-5-16-20(11-15)29-12-17(22(16)25)14-3-6-19-21(10-14)28-8-7-27-19;2*3-2(4,5)1(6)7/h3-6,10-13,18H,7-9,24H2,1-2H3;2*(H,6,7)/t18-;;/m1../s1. The SMILES string of the molecule is CC(C)C[C@@H]([NH3+])C(=O)Oc1ccc2c(=O)c(-c3ccc4c(c3)OCCO4)coc2c1.O=C(O)C(F)(F)F.O=C([O-])C(F)(F)F. The van der Waals surface area contributed by atoms with Crippen molar-refractivity contribution in [3.05, 3.63) is 52.9 Å². The molecule has 44 heavy (non-hydrogen) atoms. The Bertz CT molecular complexity index is 1520. The molecule has 0 radical (unpaired) electrons. The summed E-state index contributed by atoms with van der Waals surface area (Å²) in [7, 11) is 0. The molecular weight excluding hydrogens is 612 g/mol. The van der Waals surface area contributed by atoms with Gasteiger partial charge in [-0.1, -0.05) is 19.9 Å². The molecule has 0 fully saturated rings. The van der Waals surface area contributed by atoms with Gasteiger partial charge in [-0.15, -0.1) is 0 Å². The number of carboxylic acids is 2. The summed E-state index contributed by atoms with van der Waals surface area (Å²) in [5.41, 5.74) is 5.12. The Morgan fingerprint density at radius 1 is 0.977 bits per heavy atom. The third-order valence-corrected chi connectivity index (χ3v) is 5.38. The zero-order chi connectivity index (χ0) is 33.4. The van der Waals surface area contributed by atoms with Gasteiger partial charge in [-0.3, -0.25) is 4.79 Å². The summed E-state index contributed by atoms with van der Waals surface area (Å²) < 4.78 is 85.5. The molecule has 0 spiro atoms. The first-order valence-electron chi connectivity index (χ1n) is 12.4. The van der Waals surface area contributed by atoms with Gasteiger partial charge in [-0.25, -0.2) is 9.59 Å². The number of quaternary nitrogens is 1. The first kappa shape index (κ1) is 35.4. The number of ether oxygens (including phenoxy) is 3. The summed E-state index contributed by atoms with van der Waals surface area (Å²) in [4.78, 5) is 42.9. The number of carboxylic acid groups (broad SMARTS) is 2. The number of halogens is 6. The summed E-state index contributed by atoms with van der Waals surface area (Å²) in [6.45, 7) is 5.02. The van der Waals surface area contributed by atoms with Crippen molar-refractivity contribution in [1.29, 1.82) is 0 Å². The van der Waals surface area contributed by atoms with Crippen LogP contribution in [0, 0.1) is 5.92 Å². The number of aliphatic carboxylic acids is 2. The van der Waals surface area contributed by atoms with E-state index in [1.54, 1.807) is 36.4 Å². The number of alkyl halides is 6. The summed E-state index contributed by atoms with van der Waals surface area (Å²) in [6.07, 6.45) is -8.23. The van der Waals surface area contributed by atoms with Gasteiger partial charge >= 0.3 is 24.3 Å². The van der Waals surface area contributed by atoms with E-state index in [2.05, 4.69) is 5.73 Å². The lowest BCUT2D eigenvalue weighted by molar-refractivity contribution is -0.409. The quantitative estimate of drug-likeness (QED) is 0.240. The van der Waals surface area contributed by atoms with Crippen molar-refractivity contribution in [2.45, 2.75) is 38.7 Å². The highest BCUT2D eigenvalue weighted by atomic mass is 19.4. The van der Waals surface area contributed by atoms with Gasteiger partial charge in [-0.05, 0) is 35.7 Å². The monoisotopic (exact) mass is 637 g/mol. The van der Waals surface area contributed by atoms with E-state index in [9.17, 15) is 35.9 Å². The van der Waals surface area contributed by atoms with Gasteiger partial charge in [0.1, 0.15) is 36.8 Å². The van der Waals surface area contributed by atoms with E-state index in [0.717, 1.165) is 0 Å². The molecular formula is C27H25F6NO10. The fraction of sp³-hybridized carbons (Fsp3) is 0.333. The first-order chi connectivity index (χ1) is 20.3. The first-order valence-corrected chi connectivity index (χ1v) is 12.4. The molecule has 1 atom stereocenters. The van der Waals surface area contributed by atoms with Crippen molar-refractivity contribution in [3.8, 4) is 28.4 Å². The molecule has 0 aliphatic carbocycles. The van der Waals surface area contributed by atoms with Crippen molar-refractivity contribution in [2.24, 2.45) is 5.92 Å². The van der Waals surface area contributed by atoms with E-state index < -0.39 is 36.3 Å². The second kappa shape index (κ2) is 14.6. The molecule has 2 heterocycles. The second-order valence-electron chi connectivity index (χ2n) is 9.33. The summed E-state index contributed by atoms with van der Waals surface area (Å²) in [6, 6.07) is 9.63. The normalized spacial score (nSPS) is 13.1. The average Bonchev–Trinajstić information content (AvgIpc) is 2.92. The van der Waals surface area contributed by atoms with Crippen LogP contribution < -0.4 is 30.5 Å². The molecule has 0 amide bonds. The van der Waals surface area contributed by atoms with E-state index >= 15 is 0 Å². The maximum atomic E-state index is 13.0. The highest BCUT2D eigenvalue weighted by Gasteiger charge is 2.38. The molecule has 1 aromatic heterocycles. The number of carbonyl (C=O) groups is 3. The minimum absolute atomic E-state index is 0.180. The molecule has 17 heteroatoms. The molecule has 1 aliphatic heterocycles. The average molecular weight is 637 g/mol. The molecule has 0 bridgehead atoms. The molecule has 2 aromatic carbocycles. The number of rotatable bonds is 5. The van der Waals surface area contributed by atoms with Crippen LogP contribution in [0.15, 0.2) is 51.9 Å². The van der Waals surface area contributed by atoms with Crippen molar-refractivity contribution in [1.82, 2.24) is 0 Å². The Morgan fingerprint density at radius 3 is 2.07 bits per heavy atom. The van der Waals surface area contributed by atoms with Gasteiger partial charge < -0.3 is 39.4 Å². The number of esters is 1. The van der Waals surface area contributed by atoms with Gasteiger partial charge in [-0.2, -0.15) is 26.3 Å². The van der Waals surface area contributed by atoms with Crippen LogP contribution >= 0.6 is 0 Å². The fourth-order valence-corrected chi connectivity index (χ4v) is 3.45. The van der Waals surface area contributed by atoms with E-state index in [0.29, 0.717) is 64.9 Å². The molecule has 0 saturated carbocycles. The number of carbonyl (C=O) groups excluding carboxylic acids is 2. The predicted octanol–water partition coefficient (Wildman–Crippen LogP) is 2.73. The van der Waals surface area contributed by atoms with Crippen LogP contribution in [0.5, 0.6) is 17.2 Å². The predicted molar refractivity (Wildman–Crippen MR) is 135 cm³/mol. The summed E-state index contributed by atoms with van der Waals surface area (Å²) in [5, 5.41) is 16.3. The van der Waals surface area contributed by atoms with Gasteiger partial charge in [0.2, 0.25) is 0 Å². The number of hydrogen-bond donors (Lipinski definition) is 2. The van der Waals surface area contributed by atoms with E-state index in [-0.39, 0.29) is 5.43 Å². The third-order valence-electron chi connectivity index (χ3n) is 5.38. The van der Waals surface area contributed by atoms with Crippen molar-refractivity contribution in [2.75, 3.05) is 13.2 Å². The maximum Gasteiger partial charge on any atom is 0.490 e. The zero-order valence-electron chi connectivity index (χ0n) is 22.9. The molecule has 240 valence electrons. The van der Waals surface area contributed by atoms with Crippen molar-refractivity contribution >= 4 is 28.9 Å². The molecule has 0 unspecified atom stereocenters. The fourth-order valence-electron chi connectivity index (χ4n) is 3.45. The minimum atomic E-state index is -5.19. The Hall–Kier alpha value is -4.80. The molecule has 3 aromatic rings. The van der Waals surface area contributed by atoms with Gasteiger partial charge in [0, 0.05) is 12.5 Å². The van der Waals surface area contributed by atoms with Gasteiger partial charge in [0.15, 0.2) is 23.0 Å². The zero-order valence-corrected chi connectivity index (χ0v) is 22.9. The van der Waals surface area contributed by atoms with Crippen molar-refractivity contribution < 1.29 is 75.3 Å². The second-order valence-corrected chi connectivity index (χ2v) is 9.33. The highest BCUT2D eigenvalue weighted by Crippen LogP contribution is 2.34. The van der Waals surface area contributed by atoms with E-state index in [4.69, 9.17) is 38.4 Å². The lowest BCUT2D eigenvalue weighted by atomic mass is 10.0. The van der Waals surface area contributed by atoms with Crippen LogP contribution in [0.4, 0.5) is 26.3 Å². The molecule has 4 rings (SSSR count). The Morgan fingerprint density at radius 2 is 1.55 bits per heavy atom. The third kappa shape index (κ3) is 10.2. The lowest BCUT2D eigenvalue weighted by Gasteiger charge is -2.18. The highest BCUT2D eigenvalue weighted by molar-refractivity contribution is 5.84. The largest absolute Gasteiger partial charge is 0.542 e. The molecule has 0 saturated heterocycles. The Labute approximate surface area is 243 Å². The van der Waals surface area contributed by atoms with Crippen LogP contribution in [0.25, 0.3) is 22.1 Å². The molecule has 4 N–H and O–H groups in total. The molecule has 11 nitrogen and oxygen atoms in total. The van der Waals surface area contributed by atoms with Crippen LogP contribution in [0.2, 0.25) is 0 Å². The lowest BCUT2D eigenvalue weighted by Crippen LogP contribution is -2.66. The van der Waals surface area contributed by atoms with Crippen LogP contribution in [0.3, 0.4) is 0 Å². The summed E-state index contributed by atoms with van der Waals surface area (Å²) in [5.74, 6) is -4.25. The topological polar surface area (TPSA) is 180 Å². The van der Waals surface area contributed by atoms with Gasteiger partial charge in [0.05, 0.1) is 10.9 Å². The van der Waals surface area contributed by atoms with Crippen LogP contribution in [-0.4, -0.2) is 54.6 Å². The summed E-state index contributed by atoms with van der Waals surface area (Å²) >= 11 is 0.